The summed E-state index contributed by atoms with van der Waals surface area (Å²) >= 11 is 6.35. The van der Waals surface area contributed by atoms with Crippen LogP contribution in [0.3, 0.4) is 0 Å². The predicted octanol–water partition coefficient (Wildman–Crippen LogP) is 3.09. The van der Waals surface area contributed by atoms with Crippen LogP contribution in [0.4, 0.5) is 5.69 Å². The van der Waals surface area contributed by atoms with E-state index >= 15 is 0 Å². The second kappa shape index (κ2) is 6.21. The number of sulfonamides is 1. The Hall–Kier alpha value is -0.960. The van der Waals surface area contributed by atoms with Crippen molar-refractivity contribution in [3.8, 4) is 0 Å². The Morgan fingerprint density at radius 3 is 2.80 bits per heavy atom. The molecule has 6 nitrogen and oxygen atoms in total. The molecule has 0 unspecified atom stereocenters. The summed E-state index contributed by atoms with van der Waals surface area (Å²) in [5, 5.41) is 10.7. The number of rotatable bonds is 6. The molecule has 9 heteroatoms. The minimum Gasteiger partial charge on any atom is -0.258 e. The van der Waals surface area contributed by atoms with Gasteiger partial charge in [0.2, 0.25) is 10.0 Å². The Bertz CT molecular complexity index is 651. The molecule has 0 saturated heterocycles. The lowest BCUT2D eigenvalue weighted by Crippen LogP contribution is -2.24. The van der Waals surface area contributed by atoms with Crippen molar-refractivity contribution in [3.05, 3.63) is 32.2 Å². The number of nitrogens with one attached hydrogen (secondary N) is 1. The molecule has 0 saturated carbocycles. The van der Waals surface area contributed by atoms with Crippen LogP contribution in [0.2, 0.25) is 4.34 Å². The molecule has 0 spiro atoms. The summed E-state index contributed by atoms with van der Waals surface area (Å²) in [4.78, 5) is 9.96. The van der Waals surface area contributed by atoms with Crippen molar-refractivity contribution < 1.29 is 13.3 Å². The second-order valence-electron chi connectivity index (χ2n) is 4.38. The van der Waals surface area contributed by atoms with Crippen molar-refractivity contribution in [2.75, 3.05) is 6.54 Å². The molecule has 0 aliphatic heterocycles. The molecule has 1 heterocycles. The minimum atomic E-state index is -3.73. The van der Waals surface area contributed by atoms with Gasteiger partial charge in [-0.15, -0.1) is 11.3 Å². The lowest BCUT2D eigenvalue weighted by molar-refractivity contribution is -0.384. The van der Waals surface area contributed by atoms with Gasteiger partial charge in [0.1, 0.15) is 4.21 Å². The van der Waals surface area contributed by atoms with Gasteiger partial charge in [-0.05, 0) is 25.7 Å². The smallest absolute Gasteiger partial charge is 0.258 e. The van der Waals surface area contributed by atoms with Crippen LogP contribution in [0.5, 0.6) is 0 Å². The summed E-state index contributed by atoms with van der Waals surface area (Å²) in [5.41, 5.74) is 0.874. The van der Waals surface area contributed by atoms with E-state index in [0.29, 0.717) is 17.8 Å². The Balaban J connectivity index is 2.02. The predicted molar refractivity (Wildman–Crippen MR) is 77.7 cm³/mol. The number of halogens is 1. The molecule has 110 valence electrons. The van der Waals surface area contributed by atoms with E-state index in [-0.39, 0.29) is 20.8 Å². The van der Waals surface area contributed by atoms with Crippen LogP contribution in [-0.2, 0) is 10.0 Å². The number of hydrogen-bond acceptors (Lipinski definition) is 5. The standard InChI is InChI=1S/C11H13ClN2O4S2/c12-11-9(14(15)16)7-10(19-11)20(17,18)13-6-5-8-3-1-2-4-8/h3,7,13H,1-2,4-6H2. The maximum Gasteiger partial charge on any atom is 0.300 e. The Kier molecular flexibility index (Phi) is 4.79. The van der Waals surface area contributed by atoms with Gasteiger partial charge in [-0.2, -0.15) is 0 Å². The molecule has 1 aliphatic carbocycles. The van der Waals surface area contributed by atoms with E-state index in [1.165, 1.54) is 5.57 Å². The molecular weight excluding hydrogens is 324 g/mol. The van der Waals surface area contributed by atoms with Crippen LogP contribution >= 0.6 is 22.9 Å². The topological polar surface area (TPSA) is 89.3 Å². The van der Waals surface area contributed by atoms with E-state index < -0.39 is 14.9 Å². The summed E-state index contributed by atoms with van der Waals surface area (Å²) in [6, 6.07) is 0.990. The zero-order valence-electron chi connectivity index (χ0n) is 10.5. The number of nitro groups is 1. The van der Waals surface area contributed by atoms with Gasteiger partial charge in [0, 0.05) is 12.6 Å². The average Bonchev–Trinajstić information content (AvgIpc) is 2.98. The summed E-state index contributed by atoms with van der Waals surface area (Å²) in [6.45, 7) is 0.289. The zero-order valence-corrected chi connectivity index (χ0v) is 12.9. The molecule has 0 fully saturated rings. The van der Waals surface area contributed by atoms with Crippen LogP contribution in [-0.4, -0.2) is 19.9 Å². The van der Waals surface area contributed by atoms with Crippen molar-refractivity contribution in [2.45, 2.75) is 29.9 Å². The number of thiophene rings is 1. The first-order valence-electron chi connectivity index (χ1n) is 6.01. The summed E-state index contributed by atoms with van der Waals surface area (Å²) in [5.74, 6) is 0. The van der Waals surface area contributed by atoms with Gasteiger partial charge in [-0.3, -0.25) is 10.1 Å². The molecule has 1 N–H and O–H groups in total. The summed E-state index contributed by atoms with van der Waals surface area (Å²) < 4.78 is 26.2. The van der Waals surface area contributed by atoms with Crippen LogP contribution in [0, 0.1) is 10.1 Å². The lowest BCUT2D eigenvalue weighted by Gasteiger charge is -2.04. The molecule has 1 aliphatic rings. The highest BCUT2D eigenvalue weighted by Crippen LogP contribution is 2.36. The quantitative estimate of drug-likeness (QED) is 0.491. The first kappa shape index (κ1) is 15.4. The van der Waals surface area contributed by atoms with Gasteiger partial charge < -0.3 is 0 Å². The van der Waals surface area contributed by atoms with Crippen LogP contribution in [0.1, 0.15) is 25.7 Å². The van der Waals surface area contributed by atoms with Gasteiger partial charge in [0.25, 0.3) is 5.69 Å². The minimum absolute atomic E-state index is 0.130. The fraction of sp³-hybridized carbons (Fsp3) is 0.455. The van der Waals surface area contributed by atoms with E-state index in [1.807, 2.05) is 0 Å². The van der Waals surface area contributed by atoms with Gasteiger partial charge >= 0.3 is 0 Å². The highest BCUT2D eigenvalue weighted by atomic mass is 35.5. The Morgan fingerprint density at radius 2 is 2.25 bits per heavy atom. The molecule has 20 heavy (non-hydrogen) atoms. The van der Waals surface area contributed by atoms with E-state index in [4.69, 9.17) is 11.6 Å². The number of nitrogens with zero attached hydrogens (tertiary/aromatic N) is 1. The summed E-state index contributed by atoms with van der Waals surface area (Å²) in [7, 11) is -3.73. The molecule has 0 aromatic carbocycles. The third-order valence-corrected chi connectivity index (χ3v) is 6.25. The first-order valence-corrected chi connectivity index (χ1v) is 8.69. The largest absolute Gasteiger partial charge is 0.300 e. The van der Waals surface area contributed by atoms with E-state index in [9.17, 15) is 18.5 Å². The highest BCUT2D eigenvalue weighted by Gasteiger charge is 2.25. The maximum atomic E-state index is 12.0. The van der Waals surface area contributed by atoms with Gasteiger partial charge in [-0.25, -0.2) is 13.1 Å². The second-order valence-corrected chi connectivity index (χ2v) is 8.03. The number of allylic oxidation sites excluding steroid dienone is 1. The SMILES string of the molecule is O=[N+]([O-])c1cc(S(=O)(=O)NCCC2=CCCC2)sc1Cl. The van der Waals surface area contributed by atoms with Crippen molar-refractivity contribution in [3.63, 3.8) is 0 Å². The zero-order chi connectivity index (χ0) is 14.8. The van der Waals surface area contributed by atoms with Crippen LogP contribution in [0.15, 0.2) is 21.9 Å². The Labute approximate surface area is 125 Å². The molecule has 0 amide bonds. The molecule has 1 aromatic rings. The summed E-state index contributed by atoms with van der Waals surface area (Å²) in [6.07, 6.45) is 5.98. The van der Waals surface area contributed by atoms with Gasteiger partial charge in [-0.1, -0.05) is 23.3 Å². The van der Waals surface area contributed by atoms with Crippen LogP contribution in [0.25, 0.3) is 0 Å². The molecule has 2 rings (SSSR count). The molecule has 0 radical (unpaired) electrons. The average molecular weight is 337 g/mol. The van der Waals surface area contributed by atoms with Crippen molar-refractivity contribution in [2.24, 2.45) is 0 Å². The third-order valence-electron chi connectivity index (χ3n) is 2.98. The highest BCUT2D eigenvalue weighted by molar-refractivity contribution is 7.91. The fourth-order valence-corrected chi connectivity index (χ4v) is 4.72. The van der Waals surface area contributed by atoms with Crippen molar-refractivity contribution in [1.29, 1.82) is 0 Å². The number of hydrogen-bond donors (Lipinski definition) is 1. The molecule has 0 atom stereocenters. The third kappa shape index (κ3) is 3.57. The van der Waals surface area contributed by atoms with Crippen molar-refractivity contribution >= 4 is 38.6 Å². The molecule has 0 bridgehead atoms. The van der Waals surface area contributed by atoms with E-state index in [0.717, 1.165) is 25.3 Å². The monoisotopic (exact) mass is 336 g/mol. The van der Waals surface area contributed by atoms with Gasteiger partial charge in [0.15, 0.2) is 4.34 Å². The maximum absolute atomic E-state index is 12.0. The van der Waals surface area contributed by atoms with E-state index in [2.05, 4.69) is 10.8 Å². The fourth-order valence-electron chi connectivity index (χ4n) is 1.98. The normalized spacial score (nSPS) is 15.3. The van der Waals surface area contributed by atoms with Gasteiger partial charge in [0.05, 0.1) is 4.92 Å². The van der Waals surface area contributed by atoms with Crippen molar-refractivity contribution in [1.82, 2.24) is 4.72 Å². The lowest BCUT2D eigenvalue weighted by atomic mass is 10.2. The van der Waals surface area contributed by atoms with E-state index in [1.54, 1.807) is 0 Å². The Morgan fingerprint density at radius 1 is 1.50 bits per heavy atom. The molecule has 1 aromatic heterocycles. The molecular formula is C11H13ClN2O4S2. The van der Waals surface area contributed by atoms with Crippen LogP contribution < -0.4 is 4.72 Å². The first-order chi connectivity index (χ1) is 9.40.